The van der Waals surface area contributed by atoms with Crippen LogP contribution in [0.15, 0.2) is 71.9 Å². The summed E-state index contributed by atoms with van der Waals surface area (Å²) in [6.07, 6.45) is -2.01. The van der Waals surface area contributed by atoms with E-state index in [9.17, 15) is 8.42 Å². The molecule has 4 atom stereocenters. The van der Waals surface area contributed by atoms with Gasteiger partial charge in [0.15, 0.2) is 12.0 Å². The van der Waals surface area contributed by atoms with Crippen LogP contribution in [0.4, 0.5) is 4.39 Å². The fourth-order valence-electron chi connectivity index (χ4n) is 3.98. The number of hydrogen-bond acceptors (Lipinski definition) is 8. The standard InChI is InChI=1S/C27H31FN4O6S/c1-3-36-26(32-27(29)39(2,33)34)25-30-14-20(31-25)23-22(28)24(37-16-19-12-8-5-9-13-19)21(38-23)17-35-15-18-10-6-4-7-11-18/h4-14,21-24,29H,3,15-17H2,1-2H3,(H,30,31)/b29-27?,32-26+/t21-,22+,23+,24-/m1/s1. The Morgan fingerprint density at radius 2 is 1.74 bits per heavy atom. The molecule has 2 N–H and O–H groups in total. The zero-order chi connectivity index (χ0) is 27.8. The van der Waals surface area contributed by atoms with Gasteiger partial charge in [-0.15, -0.1) is 0 Å². The maximum Gasteiger partial charge on any atom is 0.260 e. The minimum atomic E-state index is -3.86. The molecular weight excluding hydrogens is 527 g/mol. The minimum Gasteiger partial charge on any atom is -0.475 e. The van der Waals surface area contributed by atoms with Gasteiger partial charge >= 0.3 is 0 Å². The zero-order valence-electron chi connectivity index (χ0n) is 21.6. The minimum absolute atomic E-state index is 0.0431. The smallest absolute Gasteiger partial charge is 0.260 e. The molecule has 208 valence electrons. The second-order valence-corrected chi connectivity index (χ2v) is 10.8. The molecule has 4 rings (SSSR count). The van der Waals surface area contributed by atoms with E-state index in [4.69, 9.17) is 24.4 Å². The Kier molecular flexibility index (Phi) is 9.57. The number of halogens is 1. The normalized spacial score (nSPS) is 21.7. The number of aliphatic imine (C=N–C) groups is 1. The predicted octanol–water partition coefficient (Wildman–Crippen LogP) is 3.75. The Balaban J connectivity index is 1.51. The third kappa shape index (κ3) is 7.57. The summed E-state index contributed by atoms with van der Waals surface area (Å²) in [5.74, 6) is -0.159. The summed E-state index contributed by atoms with van der Waals surface area (Å²) in [5.41, 5.74) is 2.16. The molecule has 0 radical (unpaired) electrons. The van der Waals surface area contributed by atoms with Crippen LogP contribution in [0, 0.1) is 5.41 Å². The summed E-state index contributed by atoms with van der Waals surface area (Å²) >= 11 is 0. The van der Waals surface area contributed by atoms with Gasteiger partial charge in [0.25, 0.3) is 5.90 Å². The van der Waals surface area contributed by atoms with E-state index in [2.05, 4.69) is 15.0 Å². The van der Waals surface area contributed by atoms with Gasteiger partial charge in [0.2, 0.25) is 15.0 Å². The van der Waals surface area contributed by atoms with Gasteiger partial charge < -0.3 is 23.9 Å². The number of H-pyrrole nitrogens is 1. The largest absolute Gasteiger partial charge is 0.475 e. The van der Waals surface area contributed by atoms with Crippen molar-refractivity contribution in [1.82, 2.24) is 9.97 Å². The van der Waals surface area contributed by atoms with E-state index in [-0.39, 0.29) is 37.2 Å². The Labute approximate surface area is 226 Å². The van der Waals surface area contributed by atoms with E-state index in [0.717, 1.165) is 17.4 Å². The molecule has 2 aromatic carbocycles. The van der Waals surface area contributed by atoms with Gasteiger partial charge in [0.05, 0.1) is 38.3 Å². The van der Waals surface area contributed by atoms with Crippen LogP contribution in [-0.2, 0) is 42.0 Å². The first kappa shape index (κ1) is 28.6. The zero-order valence-corrected chi connectivity index (χ0v) is 22.4. The summed E-state index contributed by atoms with van der Waals surface area (Å²) in [6.45, 7) is 2.45. The number of benzene rings is 2. The maximum atomic E-state index is 15.8. The number of amidine groups is 1. The van der Waals surface area contributed by atoms with Gasteiger partial charge in [-0.05, 0) is 18.1 Å². The molecule has 1 saturated heterocycles. The van der Waals surface area contributed by atoms with Crippen molar-refractivity contribution in [1.29, 1.82) is 5.41 Å². The highest BCUT2D eigenvalue weighted by molar-refractivity contribution is 8.05. The number of rotatable bonds is 10. The van der Waals surface area contributed by atoms with Crippen LogP contribution in [0.5, 0.6) is 0 Å². The van der Waals surface area contributed by atoms with Crippen LogP contribution in [0.3, 0.4) is 0 Å². The predicted molar refractivity (Wildman–Crippen MR) is 143 cm³/mol. The quantitative estimate of drug-likeness (QED) is 0.286. The first-order chi connectivity index (χ1) is 18.8. The van der Waals surface area contributed by atoms with Crippen LogP contribution >= 0.6 is 0 Å². The summed E-state index contributed by atoms with van der Waals surface area (Å²) in [5, 5.41) is 6.81. The fourth-order valence-corrected chi connectivity index (χ4v) is 4.23. The number of nitrogens with one attached hydrogen (secondary N) is 2. The Hall–Kier alpha value is -3.45. The van der Waals surface area contributed by atoms with E-state index in [0.29, 0.717) is 6.61 Å². The average molecular weight is 559 g/mol. The molecule has 1 fully saturated rings. The highest BCUT2D eigenvalue weighted by Crippen LogP contribution is 2.37. The molecule has 3 aromatic rings. The van der Waals surface area contributed by atoms with Gasteiger partial charge in [0.1, 0.15) is 18.3 Å². The lowest BCUT2D eigenvalue weighted by atomic mass is 10.1. The molecular formula is C27H31FN4O6S. The van der Waals surface area contributed by atoms with E-state index in [1.807, 2.05) is 60.7 Å². The molecule has 0 bridgehead atoms. The van der Waals surface area contributed by atoms with E-state index in [1.54, 1.807) is 6.92 Å². The van der Waals surface area contributed by atoms with Crippen LogP contribution < -0.4 is 0 Å². The van der Waals surface area contributed by atoms with Gasteiger partial charge in [0, 0.05) is 6.26 Å². The number of aromatic amines is 1. The molecule has 39 heavy (non-hydrogen) atoms. The Bertz CT molecular complexity index is 1370. The third-order valence-corrected chi connectivity index (χ3v) is 6.70. The lowest BCUT2D eigenvalue weighted by molar-refractivity contribution is -0.0740. The molecule has 12 heteroatoms. The van der Waals surface area contributed by atoms with E-state index in [1.165, 1.54) is 6.20 Å². The molecule has 0 saturated carbocycles. The monoisotopic (exact) mass is 558 g/mol. The number of hydrogen-bond donors (Lipinski definition) is 2. The molecule has 1 aliphatic rings. The average Bonchev–Trinajstić information content (AvgIpc) is 3.52. The number of alkyl halides is 1. The van der Waals surface area contributed by atoms with Crippen molar-refractivity contribution >= 4 is 20.9 Å². The van der Waals surface area contributed by atoms with E-state index >= 15 is 4.39 Å². The lowest BCUT2D eigenvalue weighted by Crippen LogP contribution is -2.34. The number of nitrogens with zero attached hydrogens (tertiary/aromatic N) is 2. The molecule has 1 aliphatic heterocycles. The van der Waals surface area contributed by atoms with Crippen LogP contribution in [-0.4, -0.2) is 67.3 Å². The third-order valence-electron chi connectivity index (χ3n) is 5.91. The summed E-state index contributed by atoms with van der Waals surface area (Å²) < 4.78 is 62.5. The van der Waals surface area contributed by atoms with Gasteiger partial charge in [-0.25, -0.2) is 17.8 Å². The van der Waals surface area contributed by atoms with Crippen molar-refractivity contribution in [3.05, 3.63) is 89.5 Å². The topological polar surface area (TPSA) is 136 Å². The van der Waals surface area contributed by atoms with Crippen LogP contribution in [0.2, 0.25) is 0 Å². The van der Waals surface area contributed by atoms with Crippen LogP contribution in [0.25, 0.3) is 0 Å². The number of sulfone groups is 1. The highest BCUT2D eigenvalue weighted by Gasteiger charge is 2.47. The van der Waals surface area contributed by atoms with Gasteiger partial charge in [-0.1, -0.05) is 60.7 Å². The second kappa shape index (κ2) is 13.1. The summed E-state index contributed by atoms with van der Waals surface area (Å²) in [4.78, 5) is 10.8. The SMILES string of the molecule is CCO/C(=N/C(=N)S(C)(=O)=O)c1ncc([C@@H]2O[C@H](COCc3ccccc3)[C@@H](OCc3ccccc3)[C@H]2F)[nH]1. The lowest BCUT2D eigenvalue weighted by Gasteiger charge is -2.20. The number of imidazole rings is 1. The molecule has 1 aromatic heterocycles. The first-order valence-electron chi connectivity index (χ1n) is 12.4. The van der Waals surface area contributed by atoms with Crippen LogP contribution in [0.1, 0.15) is 35.7 Å². The van der Waals surface area contributed by atoms with Crippen molar-refractivity contribution in [3.8, 4) is 0 Å². The summed E-state index contributed by atoms with van der Waals surface area (Å²) in [7, 11) is -3.86. The molecule has 10 nitrogen and oxygen atoms in total. The van der Waals surface area contributed by atoms with E-state index < -0.39 is 39.5 Å². The summed E-state index contributed by atoms with van der Waals surface area (Å²) in [6, 6.07) is 19.1. The fraction of sp³-hybridized carbons (Fsp3) is 0.370. The van der Waals surface area contributed by atoms with Crippen molar-refractivity contribution in [2.75, 3.05) is 19.5 Å². The molecule has 0 spiro atoms. The Morgan fingerprint density at radius 1 is 1.10 bits per heavy atom. The first-order valence-corrected chi connectivity index (χ1v) is 14.3. The number of aromatic nitrogens is 2. The molecule has 2 heterocycles. The van der Waals surface area contributed by atoms with Crippen molar-refractivity contribution in [3.63, 3.8) is 0 Å². The Morgan fingerprint density at radius 3 is 2.36 bits per heavy atom. The van der Waals surface area contributed by atoms with Crippen molar-refractivity contribution in [2.24, 2.45) is 4.99 Å². The molecule has 0 unspecified atom stereocenters. The molecule has 0 aliphatic carbocycles. The van der Waals surface area contributed by atoms with Crippen molar-refractivity contribution in [2.45, 2.75) is 44.6 Å². The number of ether oxygens (including phenoxy) is 4. The van der Waals surface area contributed by atoms with Gasteiger partial charge in [-0.3, -0.25) is 5.41 Å². The van der Waals surface area contributed by atoms with Gasteiger partial charge in [-0.2, -0.15) is 4.99 Å². The van der Waals surface area contributed by atoms with Crippen molar-refractivity contribution < 1.29 is 31.8 Å². The molecule has 0 amide bonds. The maximum absolute atomic E-state index is 15.8. The highest BCUT2D eigenvalue weighted by atomic mass is 32.2. The second-order valence-electron chi connectivity index (χ2n) is 8.92.